The normalized spacial score (nSPS) is 10.5. The van der Waals surface area contributed by atoms with Crippen LogP contribution in [0, 0.1) is 11.3 Å². The molecule has 6 heteroatoms. The summed E-state index contributed by atoms with van der Waals surface area (Å²) in [4.78, 5) is 23.1. The predicted octanol–water partition coefficient (Wildman–Crippen LogP) is 0.908. The van der Waals surface area contributed by atoms with Crippen molar-refractivity contribution in [3.8, 4) is 6.07 Å². The topological polar surface area (TPSA) is 82.0 Å². The Morgan fingerprint density at radius 2 is 2.35 bits per heavy atom. The molecule has 88 valence electrons. The number of thiophene rings is 1. The summed E-state index contributed by atoms with van der Waals surface area (Å²) >= 11 is 1.57. The quantitative estimate of drug-likeness (QED) is 0.613. The summed E-state index contributed by atoms with van der Waals surface area (Å²) in [6, 6.07) is 5.58. The van der Waals surface area contributed by atoms with E-state index < -0.39 is 11.8 Å². The molecule has 0 aliphatic carbocycles. The van der Waals surface area contributed by atoms with Crippen LogP contribution in [0.1, 0.15) is 11.8 Å². The van der Waals surface area contributed by atoms with Crippen LogP contribution in [0.4, 0.5) is 0 Å². The van der Waals surface area contributed by atoms with Gasteiger partial charge in [-0.2, -0.15) is 5.26 Å². The van der Waals surface area contributed by atoms with Crippen molar-refractivity contribution in [2.24, 2.45) is 0 Å². The maximum absolute atomic E-state index is 11.3. The van der Waals surface area contributed by atoms with Gasteiger partial charge in [-0.25, -0.2) is 0 Å². The highest BCUT2D eigenvalue weighted by Gasteiger charge is 2.09. The van der Waals surface area contributed by atoms with Crippen molar-refractivity contribution in [3.05, 3.63) is 34.2 Å². The van der Waals surface area contributed by atoms with Crippen LogP contribution in [0.15, 0.2) is 29.3 Å². The van der Waals surface area contributed by atoms with Gasteiger partial charge in [0.05, 0.1) is 0 Å². The van der Waals surface area contributed by atoms with Crippen LogP contribution in [-0.4, -0.2) is 11.8 Å². The van der Waals surface area contributed by atoms with E-state index in [0.717, 1.165) is 4.88 Å². The molecule has 1 aromatic rings. The van der Waals surface area contributed by atoms with E-state index in [-0.39, 0.29) is 5.57 Å². The molecular weight excluding hydrogens is 238 g/mol. The fraction of sp³-hybridized carbons (Fsp3) is 0.182. The van der Waals surface area contributed by atoms with Gasteiger partial charge in [-0.05, 0) is 11.4 Å². The van der Waals surface area contributed by atoms with E-state index in [4.69, 9.17) is 5.26 Å². The number of rotatable bonds is 4. The zero-order valence-corrected chi connectivity index (χ0v) is 10.0. The Bertz CT molecular complexity index is 471. The molecule has 17 heavy (non-hydrogen) atoms. The molecule has 1 aromatic heterocycles. The number of amides is 2. The van der Waals surface area contributed by atoms with Crippen LogP contribution in [0.25, 0.3) is 0 Å². The van der Waals surface area contributed by atoms with E-state index in [9.17, 15) is 9.59 Å². The van der Waals surface area contributed by atoms with E-state index in [1.54, 1.807) is 17.4 Å². The van der Waals surface area contributed by atoms with Crippen LogP contribution in [0.2, 0.25) is 0 Å². The number of nitrogens with zero attached hydrogens (tertiary/aromatic N) is 1. The first kappa shape index (κ1) is 12.9. The lowest BCUT2D eigenvalue weighted by Crippen LogP contribution is -2.29. The molecule has 0 aromatic carbocycles. The van der Waals surface area contributed by atoms with Crippen molar-refractivity contribution in [1.29, 1.82) is 5.26 Å². The third-order valence-electron chi connectivity index (χ3n) is 1.76. The highest BCUT2D eigenvalue weighted by atomic mass is 32.1. The number of nitrogens with one attached hydrogen (secondary N) is 2. The summed E-state index contributed by atoms with van der Waals surface area (Å²) in [7, 11) is 0. The van der Waals surface area contributed by atoms with Crippen LogP contribution in [0.5, 0.6) is 0 Å². The van der Waals surface area contributed by atoms with Crippen LogP contribution in [0.3, 0.4) is 0 Å². The average molecular weight is 249 g/mol. The summed E-state index contributed by atoms with van der Waals surface area (Å²) in [5, 5.41) is 15.6. The molecule has 0 fully saturated rings. The van der Waals surface area contributed by atoms with Crippen molar-refractivity contribution in [2.75, 3.05) is 0 Å². The molecule has 0 saturated carbocycles. The van der Waals surface area contributed by atoms with Gasteiger partial charge in [-0.15, -0.1) is 11.3 Å². The van der Waals surface area contributed by atoms with E-state index in [1.807, 2.05) is 22.8 Å². The lowest BCUT2D eigenvalue weighted by Gasteiger charge is -2.00. The Kier molecular flexibility index (Phi) is 4.91. The number of hydrogen-bond acceptors (Lipinski definition) is 5. The molecule has 0 atom stereocenters. The fourth-order valence-electron chi connectivity index (χ4n) is 1.04. The molecule has 0 bridgehead atoms. The largest absolute Gasteiger partial charge is 0.385 e. The summed E-state index contributed by atoms with van der Waals surface area (Å²) in [6.45, 7) is 1.75. The standard InChI is InChI=1S/C11H11N3O2S/c1-8(15)14-11(16)9(5-12)6-13-7-10-3-2-4-17-10/h2-4,6,13H,7H2,1H3,(H,14,15,16)/b9-6+. The van der Waals surface area contributed by atoms with Gasteiger partial charge in [-0.3, -0.25) is 14.9 Å². The molecule has 0 aliphatic heterocycles. The molecule has 1 heterocycles. The second-order valence-corrected chi connectivity index (χ2v) is 4.17. The molecule has 0 radical (unpaired) electrons. The summed E-state index contributed by atoms with van der Waals surface area (Å²) in [5.74, 6) is -1.19. The minimum Gasteiger partial charge on any atom is -0.385 e. The Morgan fingerprint density at radius 1 is 1.59 bits per heavy atom. The highest BCUT2D eigenvalue weighted by molar-refractivity contribution is 7.09. The van der Waals surface area contributed by atoms with Gasteiger partial charge in [0.25, 0.3) is 5.91 Å². The maximum atomic E-state index is 11.3. The van der Waals surface area contributed by atoms with Gasteiger partial charge < -0.3 is 5.32 Å². The third-order valence-corrected chi connectivity index (χ3v) is 2.63. The van der Waals surface area contributed by atoms with Crippen molar-refractivity contribution >= 4 is 23.2 Å². The molecule has 0 aliphatic rings. The third kappa shape index (κ3) is 4.49. The second kappa shape index (κ2) is 6.45. The second-order valence-electron chi connectivity index (χ2n) is 3.14. The number of carbonyl (C=O) groups is 2. The van der Waals surface area contributed by atoms with Gasteiger partial charge in [0.1, 0.15) is 11.6 Å². The Labute approximate surface area is 103 Å². The molecule has 1 rings (SSSR count). The minimum atomic E-state index is -0.696. The molecule has 0 spiro atoms. The van der Waals surface area contributed by atoms with Gasteiger partial charge in [0.15, 0.2) is 0 Å². The molecule has 5 nitrogen and oxygen atoms in total. The zero-order valence-electron chi connectivity index (χ0n) is 9.19. The smallest absolute Gasteiger partial charge is 0.269 e. The SMILES string of the molecule is CC(=O)NC(=O)/C(C#N)=C/NCc1cccs1. The first-order valence-electron chi connectivity index (χ1n) is 4.81. The van der Waals surface area contributed by atoms with E-state index in [1.165, 1.54) is 13.1 Å². The Hall–Kier alpha value is -2.13. The van der Waals surface area contributed by atoms with Gasteiger partial charge in [0, 0.05) is 24.5 Å². The van der Waals surface area contributed by atoms with Crippen molar-refractivity contribution in [3.63, 3.8) is 0 Å². The monoisotopic (exact) mass is 249 g/mol. The molecular formula is C11H11N3O2S. The first-order valence-corrected chi connectivity index (χ1v) is 5.69. The van der Waals surface area contributed by atoms with Crippen molar-refractivity contribution in [1.82, 2.24) is 10.6 Å². The first-order chi connectivity index (χ1) is 8.13. The minimum absolute atomic E-state index is 0.128. The van der Waals surface area contributed by atoms with E-state index in [0.29, 0.717) is 6.54 Å². The fourth-order valence-corrected chi connectivity index (χ4v) is 1.70. The van der Waals surface area contributed by atoms with Gasteiger partial charge in [-0.1, -0.05) is 6.07 Å². The number of nitriles is 1. The highest BCUT2D eigenvalue weighted by Crippen LogP contribution is 2.07. The number of carbonyl (C=O) groups excluding carboxylic acids is 2. The zero-order chi connectivity index (χ0) is 12.7. The lowest BCUT2D eigenvalue weighted by molar-refractivity contribution is -0.126. The van der Waals surface area contributed by atoms with Crippen molar-refractivity contribution < 1.29 is 9.59 Å². The van der Waals surface area contributed by atoms with E-state index >= 15 is 0 Å². The van der Waals surface area contributed by atoms with Crippen LogP contribution >= 0.6 is 11.3 Å². The summed E-state index contributed by atoms with van der Waals surface area (Å²) < 4.78 is 0. The molecule has 0 unspecified atom stereocenters. The number of imide groups is 1. The Morgan fingerprint density at radius 3 is 2.88 bits per heavy atom. The van der Waals surface area contributed by atoms with Gasteiger partial charge >= 0.3 is 0 Å². The molecule has 0 saturated heterocycles. The molecule has 2 N–H and O–H groups in total. The summed E-state index contributed by atoms with van der Waals surface area (Å²) in [5.41, 5.74) is -0.128. The van der Waals surface area contributed by atoms with Crippen LogP contribution < -0.4 is 10.6 Å². The van der Waals surface area contributed by atoms with Crippen molar-refractivity contribution in [2.45, 2.75) is 13.5 Å². The number of hydrogen-bond donors (Lipinski definition) is 2. The maximum Gasteiger partial charge on any atom is 0.269 e. The summed E-state index contributed by atoms with van der Waals surface area (Å²) in [6.07, 6.45) is 1.30. The van der Waals surface area contributed by atoms with Gasteiger partial charge in [0.2, 0.25) is 5.91 Å². The average Bonchev–Trinajstić information content (AvgIpc) is 2.76. The predicted molar refractivity (Wildman–Crippen MR) is 63.7 cm³/mol. The van der Waals surface area contributed by atoms with Crippen LogP contribution in [-0.2, 0) is 16.1 Å². The molecule has 2 amide bonds. The lowest BCUT2D eigenvalue weighted by atomic mass is 10.3. The van der Waals surface area contributed by atoms with E-state index in [2.05, 4.69) is 5.32 Å². The Balaban J connectivity index is 2.53.